The second-order valence-electron chi connectivity index (χ2n) is 2.95. The summed E-state index contributed by atoms with van der Waals surface area (Å²) in [5, 5.41) is 23.1. The highest BCUT2D eigenvalue weighted by molar-refractivity contribution is 7.89. The monoisotopic (exact) mass is 239 g/mol. The van der Waals surface area contributed by atoms with Crippen LogP contribution in [0.25, 0.3) is 0 Å². The molecule has 8 heteroatoms. The van der Waals surface area contributed by atoms with E-state index in [1.54, 1.807) is 19.1 Å². The average Bonchev–Trinajstić information content (AvgIpc) is 2.65. The van der Waals surface area contributed by atoms with Gasteiger partial charge in [-0.3, -0.25) is 5.10 Å². The SMILES string of the molecule is Cc1[nH]ncc1S(=O)(=O)N(CC#N)CC#N. The molecule has 0 atom stereocenters. The number of hydrogen-bond donors (Lipinski definition) is 1. The fourth-order valence-electron chi connectivity index (χ4n) is 1.12. The van der Waals surface area contributed by atoms with Crippen LogP contribution in [0.5, 0.6) is 0 Å². The summed E-state index contributed by atoms with van der Waals surface area (Å²) in [6, 6.07) is 3.41. The third-order valence-electron chi connectivity index (χ3n) is 1.90. The van der Waals surface area contributed by atoms with Crippen molar-refractivity contribution in [2.24, 2.45) is 0 Å². The van der Waals surface area contributed by atoms with Crippen molar-refractivity contribution in [3.8, 4) is 12.1 Å². The molecular weight excluding hydrogens is 230 g/mol. The molecule has 0 saturated carbocycles. The van der Waals surface area contributed by atoms with E-state index in [0.717, 1.165) is 10.5 Å². The van der Waals surface area contributed by atoms with E-state index in [0.29, 0.717) is 5.69 Å². The molecule has 1 heterocycles. The van der Waals surface area contributed by atoms with Crippen molar-refractivity contribution in [1.82, 2.24) is 14.5 Å². The first-order valence-electron chi connectivity index (χ1n) is 4.28. The Morgan fingerprint density at radius 1 is 1.44 bits per heavy atom. The van der Waals surface area contributed by atoms with Crippen LogP contribution in [0.4, 0.5) is 0 Å². The molecule has 7 nitrogen and oxygen atoms in total. The quantitative estimate of drug-likeness (QED) is 0.728. The molecule has 0 aromatic carbocycles. The number of aryl methyl sites for hydroxylation is 1. The molecule has 1 aromatic heterocycles. The zero-order valence-corrected chi connectivity index (χ0v) is 9.32. The summed E-state index contributed by atoms with van der Waals surface area (Å²) < 4.78 is 24.7. The Balaban J connectivity index is 3.15. The minimum atomic E-state index is -3.82. The summed E-state index contributed by atoms with van der Waals surface area (Å²) in [6.07, 6.45) is 1.16. The number of aromatic nitrogens is 2. The highest BCUT2D eigenvalue weighted by Gasteiger charge is 2.26. The summed E-state index contributed by atoms with van der Waals surface area (Å²) in [7, 11) is -3.82. The van der Waals surface area contributed by atoms with E-state index in [4.69, 9.17) is 10.5 Å². The molecule has 84 valence electrons. The van der Waals surface area contributed by atoms with E-state index in [1.165, 1.54) is 0 Å². The third-order valence-corrected chi connectivity index (χ3v) is 3.80. The van der Waals surface area contributed by atoms with Crippen LogP contribution >= 0.6 is 0 Å². The Kier molecular flexibility index (Phi) is 3.61. The van der Waals surface area contributed by atoms with E-state index in [-0.39, 0.29) is 18.0 Å². The van der Waals surface area contributed by atoms with Crippen molar-refractivity contribution in [3.63, 3.8) is 0 Å². The molecule has 0 radical (unpaired) electrons. The lowest BCUT2D eigenvalue weighted by Gasteiger charge is -2.14. The lowest BCUT2D eigenvalue weighted by atomic mass is 10.5. The first-order chi connectivity index (χ1) is 7.54. The van der Waals surface area contributed by atoms with Crippen molar-refractivity contribution < 1.29 is 8.42 Å². The normalized spacial score (nSPS) is 11.0. The predicted octanol–water partition coefficient (Wildman–Crippen LogP) is -0.244. The number of hydrogen-bond acceptors (Lipinski definition) is 5. The Morgan fingerprint density at radius 2 is 2.00 bits per heavy atom. The number of sulfonamides is 1. The smallest absolute Gasteiger partial charge is 0.248 e. The van der Waals surface area contributed by atoms with Gasteiger partial charge in [0.2, 0.25) is 10.0 Å². The minimum Gasteiger partial charge on any atom is -0.281 e. The molecule has 0 bridgehead atoms. The molecule has 0 fully saturated rings. The fourth-order valence-corrected chi connectivity index (χ4v) is 2.47. The van der Waals surface area contributed by atoms with Crippen LogP contribution in [0.1, 0.15) is 5.69 Å². The summed E-state index contributed by atoms with van der Waals surface area (Å²) in [4.78, 5) is -0.0157. The molecule has 0 spiro atoms. The lowest BCUT2D eigenvalue weighted by molar-refractivity contribution is 0.479. The molecule has 1 rings (SSSR count). The van der Waals surface area contributed by atoms with Crippen LogP contribution in [0, 0.1) is 29.6 Å². The summed E-state index contributed by atoms with van der Waals surface area (Å²) in [6.45, 7) is 0.831. The van der Waals surface area contributed by atoms with Crippen molar-refractivity contribution >= 4 is 10.0 Å². The zero-order valence-electron chi connectivity index (χ0n) is 8.51. The van der Waals surface area contributed by atoms with Crippen molar-refractivity contribution in [2.45, 2.75) is 11.8 Å². The number of aromatic amines is 1. The molecule has 0 aliphatic rings. The van der Waals surface area contributed by atoms with Crippen molar-refractivity contribution in [3.05, 3.63) is 11.9 Å². The molecule has 16 heavy (non-hydrogen) atoms. The predicted molar refractivity (Wildman–Crippen MR) is 53.3 cm³/mol. The van der Waals surface area contributed by atoms with Crippen LogP contribution in [0.2, 0.25) is 0 Å². The van der Waals surface area contributed by atoms with Gasteiger partial charge in [-0.15, -0.1) is 0 Å². The summed E-state index contributed by atoms with van der Waals surface area (Å²) >= 11 is 0. The first-order valence-corrected chi connectivity index (χ1v) is 5.72. The summed E-state index contributed by atoms with van der Waals surface area (Å²) in [5.41, 5.74) is 0.376. The van der Waals surface area contributed by atoms with Crippen LogP contribution in [0.3, 0.4) is 0 Å². The molecule has 0 saturated heterocycles. The van der Waals surface area contributed by atoms with Gasteiger partial charge in [0, 0.05) is 0 Å². The minimum absolute atomic E-state index is 0.0157. The second kappa shape index (κ2) is 4.75. The molecule has 0 unspecified atom stereocenters. The maximum absolute atomic E-state index is 12.0. The van der Waals surface area contributed by atoms with Gasteiger partial charge in [0.1, 0.15) is 18.0 Å². The van der Waals surface area contributed by atoms with E-state index in [2.05, 4.69) is 10.2 Å². The standard InChI is InChI=1S/C8H9N5O2S/c1-7-8(6-11-12-7)16(14,15)13(4-2-9)5-3-10/h6H,4-5H2,1H3,(H,11,12). The van der Waals surface area contributed by atoms with Crippen LogP contribution in [-0.2, 0) is 10.0 Å². The van der Waals surface area contributed by atoms with Gasteiger partial charge in [-0.2, -0.15) is 19.9 Å². The number of rotatable bonds is 4. The molecule has 1 aromatic rings. The van der Waals surface area contributed by atoms with E-state index < -0.39 is 10.0 Å². The Bertz CT molecular complexity index is 532. The number of nitriles is 2. The van der Waals surface area contributed by atoms with E-state index in [1.807, 2.05) is 0 Å². The second-order valence-corrected chi connectivity index (χ2v) is 4.85. The highest BCUT2D eigenvalue weighted by Crippen LogP contribution is 2.16. The Labute approximate surface area is 93.0 Å². The summed E-state index contributed by atoms with van der Waals surface area (Å²) in [5.74, 6) is 0. The van der Waals surface area contributed by atoms with Gasteiger partial charge in [0.25, 0.3) is 0 Å². The van der Waals surface area contributed by atoms with Crippen molar-refractivity contribution in [2.75, 3.05) is 13.1 Å². The van der Waals surface area contributed by atoms with Gasteiger partial charge >= 0.3 is 0 Å². The van der Waals surface area contributed by atoms with Gasteiger partial charge in [0.15, 0.2) is 0 Å². The zero-order chi connectivity index (χ0) is 12.2. The lowest BCUT2D eigenvalue weighted by Crippen LogP contribution is -2.32. The van der Waals surface area contributed by atoms with E-state index in [9.17, 15) is 8.42 Å². The van der Waals surface area contributed by atoms with Gasteiger partial charge < -0.3 is 0 Å². The van der Waals surface area contributed by atoms with E-state index >= 15 is 0 Å². The van der Waals surface area contributed by atoms with Gasteiger partial charge in [-0.25, -0.2) is 8.42 Å². The molecular formula is C8H9N5O2S. The fraction of sp³-hybridized carbons (Fsp3) is 0.375. The van der Waals surface area contributed by atoms with Gasteiger partial charge in [-0.05, 0) is 6.92 Å². The van der Waals surface area contributed by atoms with Crippen LogP contribution in [0.15, 0.2) is 11.1 Å². The maximum atomic E-state index is 12.0. The Morgan fingerprint density at radius 3 is 2.38 bits per heavy atom. The molecule has 0 amide bonds. The van der Waals surface area contributed by atoms with Crippen molar-refractivity contribution in [1.29, 1.82) is 10.5 Å². The number of H-pyrrole nitrogens is 1. The molecule has 0 aliphatic heterocycles. The highest BCUT2D eigenvalue weighted by atomic mass is 32.2. The average molecular weight is 239 g/mol. The third kappa shape index (κ3) is 2.19. The number of nitrogens with one attached hydrogen (secondary N) is 1. The van der Waals surface area contributed by atoms with Gasteiger partial charge in [-0.1, -0.05) is 0 Å². The van der Waals surface area contributed by atoms with Gasteiger partial charge in [0.05, 0.1) is 24.0 Å². The van der Waals surface area contributed by atoms with Crippen LogP contribution < -0.4 is 0 Å². The largest absolute Gasteiger partial charge is 0.281 e. The first kappa shape index (κ1) is 12.2. The molecule has 0 aliphatic carbocycles. The van der Waals surface area contributed by atoms with Crippen LogP contribution in [-0.4, -0.2) is 36.0 Å². The number of nitrogens with zero attached hydrogens (tertiary/aromatic N) is 4. The topological polar surface area (TPSA) is 114 Å². The molecule has 1 N–H and O–H groups in total. The maximum Gasteiger partial charge on any atom is 0.248 e. The Hall–Kier alpha value is -1.90.